The smallest absolute Gasteiger partial charge is 0.0740 e. The maximum absolute atomic E-state index is 6.10. The molecule has 1 atom stereocenters. The van der Waals surface area contributed by atoms with E-state index < -0.39 is 0 Å². The van der Waals surface area contributed by atoms with Crippen molar-refractivity contribution in [1.82, 2.24) is 15.4 Å². The second-order valence-electron chi connectivity index (χ2n) is 3.73. The quantitative estimate of drug-likeness (QED) is 0.644. The Morgan fingerprint density at radius 1 is 1.29 bits per heavy atom. The lowest BCUT2D eigenvalue weighted by molar-refractivity contribution is 0.633. The second kappa shape index (κ2) is 5.23. The number of rotatable bonds is 3. The normalized spacial score (nSPS) is 12.4. The van der Waals surface area contributed by atoms with Gasteiger partial charge < -0.3 is 0 Å². The van der Waals surface area contributed by atoms with Crippen LogP contribution in [-0.4, -0.2) is 9.97 Å². The highest BCUT2D eigenvalue weighted by molar-refractivity contribution is 6.31. The molecule has 0 aliphatic rings. The summed E-state index contributed by atoms with van der Waals surface area (Å²) < 4.78 is 0. The van der Waals surface area contributed by atoms with Crippen LogP contribution in [0.3, 0.4) is 0 Å². The van der Waals surface area contributed by atoms with Gasteiger partial charge in [-0.3, -0.25) is 15.8 Å². The molecule has 0 aliphatic carbocycles. The molecule has 0 spiro atoms. The van der Waals surface area contributed by atoms with Crippen molar-refractivity contribution < 1.29 is 0 Å². The van der Waals surface area contributed by atoms with Gasteiger partial charge in [-0.25, -0.2) is 5.43 Å². The molecule has 2 rings (SSSR count). The highest BCUT2D eigenvalue weighted by Gasteiger charge is 2.15. The predicted octanol–water partition coefficient (Wildman–Crippen LogP) is 1.99. The SMILES string of the molecule is Cc1ccc(C(NN)c2ccncc2Cl)cn1. The van der Waals surface area contributed by atoms with Crippen molar-refractivity contribution in [3.63, 3.8) is 0 Å². The van der Waals surface area contributed by atoms with Gasteiger partial charge in [0.25, 0.3) is 0 Å². The summed E-state index contributed by atoms with van der Waals surface area (Å²) in [6, 6.07) is 5.57. The van der Waals surface area contributed by atoms with E-state index >= 15 is 0 Å². The van der Waals surface area contributed by atoms with Crippen molar-refractivity contribution in [1.29, 1.82) is 0 Å². The Morgan fingerprint density at radius 2 is 2.12 bits per heavy atom. The lowest BCUT2D eigenvalue weighted by Gasteiger charge is -2.17. The van der Waals surface area contributed by atoms with Crippen LogP contribution in [0.2, 0.25) is 5.02 Å². The number of nitrogens with zero attached hydrogens (tertiary/aromatic N) is 2. The molecule has 0 aliphatic heterocycles. The first-order valence-corrected chi connectivity index (χ1v) is 5.58. The van der Waals surface area contributed by atoms with E-state index in [1.54, 1.807) is 18.6 Å². The van der Waals surface area contributed by atoms with Crippen molar-refractivity contribution in [3.05, 3.63) is 58.6 Å². The highest BCUT2D eigenvalue weighted by atomic mass is 35.5. The standard InChI is InChI=1S/C12H13ClN4/c1-8-2-3-9(6-16-8)12(17-14)10-4-5-15-7-11(10)13/h2-7,12,17H,14H2,1H3. The van der Waals surface area contributed by atoms with Gasteiger partial charge in [-0.15, -0.1) is 0 Å². The molecule has 1 unspecified atom stereocenters. The average molecular weight is 249 g/mol. The number of hydrogen-bond acceptors (Lipinski definition) is 4. The zero-order chi connectivity index (χ0) is 12.3. The zero-order valence-electron chi connectivity index (χ0n) is 9.39. The molecule has 2 aromatic heterocycles. The molecule has 2 heterocycles. The summed E-state index contributed by atoms with van der Waals surface area (Å²) in [4.78, 5) is 8.20. The van der Waals surface area contributed by atoms with E-state index in [0.29, 0.717) is 5.02 Å². The van der Waals surface area contributed by atoms with E-state index in [1.165, 1.54) is 0 Å². The number of hydrogen-bond donors (Lipinski definition) is 2. The molecular weight excluding hydrogens is 236 g/mol. The summed E-state index contributed by atoms with van der Waals surface area (Å²) in [5.41, 5.74) is 5.55. The Balaban J connectivity index is 2.40. The number of aromatic nitrogens is 2. The van der Waals surface area contributed by atoms with Gasteiger partial charge in [0.1, 0.15) is 0 Å². The molecule has 88 valence electrons. The molecule has 0 saturated carbocycles. The molecule has 3 N–H and O–H groups in total. The maximum atomic E-state index is 6.10. The molecule has 17 heavy (non-hydrogen) atoms. The van der Waals surface area contributed by atoms with Crippen LogP contribution in [0.1, 0.15) is 22.9 Å². The second-order valence-corrected chi connectivity index (χ2v) is 4.14. The Morgan fingerprint density at radius 3 is 2.71 bits per heavy atom. The minimum absolute atomic E-state index is 0.182. The zero-order valence-corrected chi connectivity index (χ0v) is 10.1. The number of hydrazine groups is 1. The first kappa shape index (κ1) is 12.0. The third-order valence-electron chi connectivity index (χ3n) is 2.55. The first-order valence-electron chi connectivity index (χ1n) is 5.20. The number of halogens is 1. The molecule has 0 bridgehead atoms. The van der Waals surface area contributed by atoms with Crippen LogP contribution in [0.15, 0.2) is 36.8 Å². The largest absolute Gasteiger partial charge is 0.271 e. The van der Waals surface area contributed by atoms with Crippen LogP contribution in [0, 0.1) is 6.92 Å². The molecule has 0 fully saturated rings. The van der Waals surface area contributed by atoms with Gasteiger partial charge in [0.05, 0.1) is 11.1 Å². The van der Waals surface area contributed by atoms with E-state index in [0.717, 1.165) is 16.8 Å². The highest BCUT2D eigenvalue weighted by Crippen LogP contribution is 2.26. The van der Waals surface area contributed by atoms with Gasteiger partial charge in [-0.1, -0.05) is 17.7 Å². The molecule has 0 aromatic carbocycles. The van der Waals surface area contributed by atoms with Gasteiger partial charge >= 0.3 is 0 Å². The van der Waals surface area contributed by atoms with E-state index in [4.69, 9.17) is 17.4 Å². The lowest BCUT2D eigenvalue weighted by Crippen LogP contribution is -2.29. The van der Waals surface area contributed by atoms with Crippen LogP contribution in [-0.2, 0) is 0 Å². The first-order chi connectivity index (χ1) is 8.22. The average Bonchev–Trinajstić information content (AvgIpc) is 2.35. The number of pyridine rings is 2. The fraction of sp³-hybridized carbons (Fsp3) is 0.167. The van der Waals surface area contributed by atoms with Gasteiger partial charge in [0, 0.05) is 24.3 Å². The van der Waals surface area contributed by atoms with Crippen LogP contribution in [0.5, 0.6) is 0 Å². The Bertz CT molecular complexity index is 498. The molecular formula is C12H13ClN4. The third kappa shape index (κ3) is 2.61. The molecule has 0 saturated heterocycles. The van der Waals surface area contributed by atoms with Gasteiger partial charge in [-0.2, -0.15) is 0 Å². The molecule has 0 radical (unpaired) electrons. The molecule has 5 heteroatoms. The van der Waals surface area contributed by atoms with Gasteiger partial charge in [-0.05, 0) is 30.2 Å². The Kier molecular flexibility index (Phi) is 3.68. The van der Waals surface area contributed by atoms with Crippen molar-refractivity contribution in [3.8, 4) is 0 Å². The Hall–Kier alpha value is -1.49. The van der Waals surface area contributed by atoms with E-state index in [1.807, 2.05) is 25.1 Å². The maximum Gasteiger partial charge on any atom is 0.0740 e. The number of nitrogens with one attached hydrogen (secondary N) is 1. The predicted molar refractivity (Wildman–Crippen MR) is 67.4 cm³/mol. The molecule has 0 amide bonds. The summed E-state index contributed by atoms with van der Waals surface area (Å²) in [6.07, 6.45) is 5.08. The molecule has 4 nitrogen and oxygen atoms in total. The van der Waals surface area contributed by atoms with E-state index in [2.05, 4.69) is 15.4 Å². The van der Waals surface area contributed by atoms with E-state index in [9.17, 15) is 0 Å². The van der Waals surface area contributed by atoms with E-state index in [-0.39, 0.29) is 6.04 Å². The van der Waals surface area contributed by atoms with Crippen LogP contribution >= 0.6 is 11.6 Å². The van der Waals surface area contributed by atoms with Crippen LogP contribution in [0.25, 0.3) is 0 Å². The lowest BCUT2D eigenvalue weighted by atomic mass is 10.0. The number of nitrogens with two attached hydrogens (primary N) is 1. The summed E-state index contributed by atoms with van der Waals surface area (Å²) in [7, 11) is 0. The summed E-state index contributed by atoms with van der Waals surface area (Å²) in [5, 5.41) is 0.580. The van der Waals surface area contributed by atoms with Crippen molar-refractivity contribution in [2.24, 2.45) is 5.84 Å². The monoisotopic (exact) mass is 248 g/mol. The topological polar surface area (TPSA) is 63.8 Å². The summed E-state index contributed by atoms with van der Waals surface area (Å²) in [6.45, 7) is 1.94. The van der Waals surface area contributed by atoms with Gasteiger partial charge in [0.15, 0.2) is 0 Å². The van der Waals surface area contributed by atoms with Crippen molar-refractivity contribution >= 4 is 11.6 Å². The van der Waals surface area contributed by atoms with Crippen LogP contribution < -0.4 is 11.3 Å². The number of aryl methyl sites for hydroxylation is 1. The van der Waals surface area contributed by atoms with Crippen LogP contribution in [0.4, 0.5) is 0 Å². The van der Waals surface area contributed by atoms with Crippen molar-refractivity contribution in [2.75, 3.05) is 0 Å². The fourth-order valence-electron chi connectivity index (χ4n) is 1.64. The van der Waals surface area contributed by atoms with Crippen molar-refractivity contribution in [2.45, 2.75) is 13.0 Å². The Labute approximate surface area is 105 Å². The summed E-state index contributed by atoms with van der Waals surface area (Å²) >= 11 is 6.10. The minimum atomic E-state index is -0.182. The fourth-order valence-corrected chi connectivity index (χ4v) is 1.86. The minimum Gasteiger partial charge on any atom is -0.271 e. The van der Waals surface area contributed by atoms with Gasteiger partial charge in [0.2, 0.25) is 0 Å². The summed E-state index contributed by atoms with van der Waals surface area (Å²) in [5.74, 6) is 5.59. The molecule has 2 aromatic rings. The third-order valence-corrected chi connectivity index (χ3v) is 2.86.